The number of ether oxygens (including phenoxy) is 1. The maximum Gasteiger partial charge on any atom is 0.259 e. The third kappa shape index (κ3) is 2.70. The molecular formula is C17H13BrN2O2. The van der Waals surface area contributed by atoms with Crippen molar-refractivity contribution in [1.29, 1.82) is 5.26 Å². The number of nitriles is 1. The van der Waals surface area contributed by atoms with E-state index in [9.17, 15) is 4.79 Å². The van der Waals surface area contributed by atoms with Crippen LogP contribution in [0.4, 0.5) is 0 Å². The standard InChI is InChI=1S/C17H13BrN2O2/c18-16-13(10-19)6-7-14-15(16)17(21)20(8-9-22-14)11-12-4-2-1-3-5-12/h1-7H,8-9,11H2. The number of carbonyl (C=O) groups is 1. The van der Waals surface area contributed by atoms with E-state index in [1.54, 1.807) is 17.0 Å². The molecule has 0 N–H and O–H groups in total. The van der Waals surface area contributed by atoms with E-state index in [2.05, 4.69) is 22.0 Å². The van der Waals surface area contributed by atoms with Gasteiger partial charge in [0.05, 0.1) is 22.1 Å². The summed E-state index contributed by atoms with van der Waals surface area (Å²) in [5, 5.41) is 9.13. The first-order valence-electron chi connectivity index (χ1n) is 6.89. The summed E-state index contributed by atoms with van der Waals surface area (Å²) in [5.74, 6) is 0.395. The van der Waals surface area contributed by atoms with Crippen molar-refractivity contribution >= 4 is 21.8 Å². The van der Waals surface area contributed by atoms with E-state index >= 15 is 0 Å². The zero-order valence-electron chi connectivity index (χ0n) is 11.8. The number of nitrogens with zero attached hydrogens (tertiary/aromatic N) is 2. The Morgan fingerprint density at radius 1 is 1.23 bits per heavy atom. The van der Waals surface area contributed by atoms with Crippen molar-refractivity contribution in [2.75, 3.05) is 13.2 Å². The summed E-state index contributed by atoms with van der Waals surface area (Å²) in [6, 6.07) is 15.2. The Labute approximate surface area is 137 Å². The average Bonchev–Trinajstić information content (AvgIpc) is 2.69. The van der Waals surface area contributed by atoms with Gasteiger partial charge in [0.1, 0.15) is 18.4 Å². The predicted molar refractivity (Wildman–Crippen MR) is 85.5 cm³/mol. The molecule has 110 valence electrons. The third-order valence-electron chi connectivity index (χ3n) is 3.56. The van der Waals surface area contributed by atoms with Crippen LogP contribution >= 0.6 is 15.9 Å². The van der Waals surface area contributed by atoms with E-state index in [4.69, 9.17) is 10.00 Å². The van der Waals surface area contributed by atoms with Crippen LogP contribution in [0.15, 0.2) is 46.9 Å². The van der Waals surface area contributed by atoms with Crippen LogP contribution < -0.4 is 4.74 Å². The summed E-state index contributed by atoms with van der Waals surface area (Å²) >= 11 is 3.37. The molecule has 3 rings (SSSR count). The van der Waals surface area contributed by atoms with Gasteiger partial charge in [-0.05, 0) is 33.6 Å². The molecule has 0 aromatic heterocycles. The van der Waals surface area contributed by atoms with Crippen LogP contribution in [-0.2, 0) is 6.54 Å². The molecule has 0 saturated heterocycles. The molecule has 2 aromatic carbocycles. The van der Waals surface area contributed by atoms with Crippen LogP contribution in [0.2, 0.25) is 0 Å². The Kier molecular flexibility index (Phi) is 4.12. The van der Waals surface area contributed by atoms with Gasteiger partial charge in [-0.25, -0.2) is 0 Å². The molecule has 0 aliphatic carbocycles. The number of halogens is 1. The van der Waals surface area contributed by atoms with E-state index < -0.39 is 0 Å². The second-order valence-electron chi connectivity index (χ2n) is 4.97. The smallest absolute Gasteiger partial charge is 0.259 e. The number of hydrogen-bond donors (Lipinski definition) is 0. The molecule has 0 unspecified atom stereocenters. The van der Waals surface area contributed by atoms with Crippen molar-refractivity contribution < 1.29 is 9.53 Å². The maximum absolute atomic E-state index is 12.8. The molecule has 1 heterocycles. The summed E-state index contributed by atoms with van der Waals surface area (Å²) in [6.07, 6.45) is 0. The maximum atomic E-state index is 12.8. The summed E-state index contributed by atoms with van der Waals surface area (Å²) in [7, 11) is 0. The van der Waals surface area contributed by atoms with Gasteiger partial charge in [0.15, 0.2) is 0 Å². The Hall–Kier alpha value is -2.32. The lowest BCUT2D eigenvalue weighted by Gasteiger charge is -2.20. The van der Waals surface area contributed by atoms with Gasteiger partial charge < -0.3 is 9.64 Å². The highest BCUT2D eigenvalue weighted by atomic mass is 79.9. The number of rotatable bonds is 2. The Bertz CT molecular complexity index is 753. The quantitative estimate of drug-likeness (QED) is 0.828. The Morgan fingerprint density at radius 2 is 2.00 bits per heavy atom. The molecule has 22 heavy (non-hydrogen) atoms. The lowest BCUT2D eigenvalue weighted by atomic mass is 10.1. The van der Waals surface area contributed by atoms with Gasteiger partial charge in [0.25, 0.3) is 5.91 Å². The van der Waals surface area contributed by atoms with Crippen molar-refractivity contribution in [3.05, 3.63) is 63.6 Å². The van der Waals surface area contributed by atoms with Crippen molar-refractivity contribution in [1.82, 2.24) is 4.90 Å². The van der Waals surface area contributed by atoms with Gasteiger partial charge in [-0.15, -0.1) is 0 Å². The lowest BCUT2D eigenvalue weighted by Crippen LogP contribution is -2.32. The van der Waals surface area contributed by atoms with Gasteiger partial charge in [-0.3, -0.25) is 4.79 Å². The van der Waals surface area contributed by atoms with Crippen molar-refractivity contribution in [2.24, 2.45) is 0 Å². The number of benzene rings is 2. The minimum Gasteiger partial charge on any atom is -0.491 e. The fourth-order valence-corrected chi connectivity index (χ4v) is 3.03. The number of hydrogen-bond acceptors (Lipinski definition) is 3. The Morgan fingerprint density at radius 3 is 2.73 bits per heavy atom. The molecule has 0 bridgehead atoms. The highest BCUT2D eigenvalue weighted by molar-refractivity contribution is 9.10. The molecule has 5 heteroatoms. The van der Waals surface area contributed by atoms with Crippen LogP contribution in [0, 0.1) is 11.3 Å². The first-order valence-corrected chi connectivity index (χ1v) is 7.68. The van der Waals surface area contributed by atoms with Crippen molar-refractivity contribution in [3.8, 4) is 11.8 Å². The lowest BCUT2D eigenvalue weighted by molar-refractivity contribution is 0.0742. The molecule has 1 aliphatic heterocycles. The largest absolute Gasteiger partial charge is 0.491 e. The molecule has 0 spiro atoms. The van der Waals surface area contributed by atoms with Crippen molar-refractivity contribution in [2.45, 2.75) is 6.54 Å². The SMILES string of the molecule is N#Cc1ccc2c(c1Br)C(=O)N(Cc1ccccc1)CCO2. The van der Waals surface area contributed by atoms with E-state index in [-0.39, 0.29) is 5.91 Å². The molecule has 4 nitrogen and oxygen atoms in total. The van der Waals surface area contributed by atoms with Gasteiger partial charge >= 0.3 is 0 Å². The van der Waals surface area contributed by atoms with Crippen LogP contribution in [0.5, 0.6) is 5.75 Å². The second-order valence-corrected chi connectivity index (χ2v) is 5.77. The van der Waals surface area contributed by atoms with E-state index in [0.717, 1.165) is 5.56 Å². The number of fused-ring (bicyclic) bond motifs is 1. The van der Waals surface area contributed by atoms with E-state index in [0.29, 0.717) is 41.0 Å². The zero-order valence-corrected chi connectivity index (χ0v) is 13.3. The molecule has 0 atom stereocenters. The highest BCUT2D eigenvalue weighted by Gasteiger charge is 2.27. The van der Waals surface area contributed by atoms with E-state index in [1.807, 2.05) is 30.3 Å². The van der Waals surface area contributed by atoms with Crippen molar-refractivity contribution in [3.63, 3.8) is 0 Å². The molecule has 1 amide bonds. The molecule has 0 saturated carbocycles. The fraction of sp³-hybridized carbons (Fsp3) is 0.176. The van der Waals surface area contributed by atoms with Gasteiger partial charge in [-0.1, -0.05) is 30.3 Å². The number of amides is 1. The first-order chi connectivity index (χ1) is 10.7. The third-order valence-corrected chi connectivity index (χ3v) is 4.38. The topological polar surface area (TPSA) is 53.3 Å². The molecule has 0 fully saturated rings. The Balaban J connectivity index is 1.97. The van der Waals surface area contributed by atoms with Crippen LogP contribution in [0.3, 0.4) is 0 Å². The normalized spacial score (nSPS) is 13.8. The molecule has 1 aliphatic rings. The monoisotopic (exact) mass is 356 g/mol. The summed E-state index contributed by atoms with van der Waals surface area (Å²) in [5.41, 5.74) is 1.91. The van der Waals surface area contributed by atoms with Gasteiger partial charge in [0.2, 0.25) is 0 Å². The summed E-state index contributed by atoms with van der Waals surface area (Å²) in [4.78, 5) is 14.6. The molecular weight excluding hydrogens is 344 g/mol. The molecule has 2 aromatic rings. The minimum absolute atomic E-state index is 0.125. The van der Waals surface area contributed by atoms with Crippen LogP contribution in [0.25, 0.3) is 0 Å². The average molecular weight is 357 g/mol. The summed E-state index contributed by atoms with van der Waals surface area (Å²) in [6.45, 7) is 1.46. The van der Waals surface area contributed by atoms with Crippen LogP contribution in [0.1, 0.15) is 21.5 Å². The zero-order chi connectivity index (χ0) is 15.5. The van der Waals surface area contributed by atoms with Crippen LogP contribution in [-0.4, -0.2) is 24.0 Å². The van der Waals surface area contributed by atoms with Gasteiger partial charge in [-0.2, -0.15) is 5.26 Å². The minimum atomic E-state index is -0.125. The highest BCUT2D eigenvalue weighted by Crippen LogP contribution is 2.33. The van der Waals surface area contributed by atoms with Gasteiger partial charge in [0, 0.05) is 6.54 Å². The predicted octanol–water partition coefficient (Wildman–Crippen LogP) is 3.36. The van der Waals surface area contributed by atoms with E-state index in [1.165, 1.54) is 0 Å². The fourth-order valence-electron chi connectivity index (χ4n) is 2.44. The number of carbonyl (C=O) groups excluding carboxylic acids is 1. The first kappa shape index (κ1) is 14.6. The second kappa shape index (κ2) is 6.20. The molecule has 0 radical (unpaired) electrons. The summed E-state index contributed by atoms with van der Waals surface area (Å²) < 4.78 is 6.16.